The molecule has 1 aliphatic heterocycles. The number of nitrogens with zero attached hydrogens (tertiary/aromatic N) is 4. The number of benzene rings is 3. The lowest BCUT2D eigenvalue weighted by molar-refractivity contribution is -0.172. The summed E-state index contributed by atoms with van der Waals surface area (Å²) in [5.41, 5.74) is 2.73. The number of ether oxygens (including phenoxy) is 1. The Hall–Kier alpha value is -3.75. The Balaban J connectivity index is 1.29. The van der Waals surface area contributed by atoms with E-state index in [-0.39, 0.29) is 34.9 Å². The molecule has 6 rings (SSSR count). The summed E-state index contributed by atoms with van der Waals surface area (Å²) in [7, 11) is 4.23. The van der Waals surface area contributed by atoms with Crippen molar-refractivity contribution in [3.8, 4) is 5.75 Å². The van der Waals surface area contributed by atoms with Crippen molar-refractivity contribution in [3.05, 3.63) is 102 Å². The third-order valence-corrected chi connectivity index (χ3v) is 12.4. The first-order valence-electron chi connectivity index (χ1n) is 20.1. The number of amides is 1. The number of carbonyl (C=O) groups is 1. The van der Waals surface area contributed by atoms with Crippen LogP contribution in [-0.2, 0) is 22.5 Å². The molecule has 8 heteroatoms. The van der Waals surface area contributed by atoms with E-state index in [2.05, 4.69) is 64.3 Å². The molecule has 3 aromatic carbocycles. The van der Waals surface area contributed by atoms with Gasteiger partial charge < -0.3 is 19.4 Å². The average molecular weight is 725 g/mol. The van der Waals surface area contributed by atoms with Crippen molar-refractivity contribution in [2.45, 2.75) is 133 Å². The summed E-state index contributed by atoms with van der Waals surface area (Å²) in [6.07, 6.45) is 12.9. The fourth-order valence-corrected chi connectivity index (χ4v) is 9.41. The molecule has 1 amide bonds. The van der Waals surface area contributed by atoms with E-state index < -0.39 is 6.29 Å². The Morgan fingerprint density at radius 3 is 1.94 bits per heavy atom. The Labute approximate surface area is 317 Å². The number of likely N-dealkylation sites (tertiary alicyclic amines) is 1. The Morgan fingerprint density at radius 2 is 1.36 bits per heavy atom. The standard InChI is InChI=1S/C45H61FN4O3/c1-35(2)47-53-43(52-40-20-11-8-12-21-40)42(51)50(38-23-27-44(28-24-38,48(3)4)34-37-19-13-14-22-41(37)46)39-25-29-45(30-26-39,33-36-17-9-7-10-18-36)49-31-15-5-6-16-32-49/h7-14,17-22,38-39,43H,5-6,15-16,23-34H2,1-4H3. The van der Waals surface area contributed by atoms with Crippen LogP contribution in [0.3, 0.4) is 0 Å². The Kier molecular flexibility index (Phi) is 13.3. The highest BCUT2D eigenvalue weighted by molar-refractivity contribution is 5.81. The molecule has 0 N–H and O–H groups in total. The molecule has 3 aliphatic rings. The summed E-state index contributed by atoms with van der Waals surface area (Å²) >= 11 is 0. The van der Waals surface area contributed by atoms with Gasteiger partial charge in [-0.3, -0.25) is 9.69 Å². The molecule has 0 spiro atoms. The van der Waals surface area contributed by atoms with Gasteiger partial charge in [-0.1, -0.05) is 84.7 Å². The highest BCUT2D eigenvalue weighted by atomic mass is 19.1. The quantitative estimate of drug-likeness (QED) is 0.100. The maximum absolute atomic E-state index is 15.0. The molecule has 2 aliphatic carbocycles. The lowest BCUT2D eigenvalue weighted by Crippen LogP contribution is -2.60. The zero-order chi connectivity index (χ0) is 37.3. The first kappa shape index (κ1) is 39.0. The number of rotatable bonds is 13. The summed E-state index contributed by atoms with van der Waals surface area (Å²) in [5.74, 6) is 0.260. The van der Waals surface area contributed by atoms with E-state index >= 15 is 4.79 Å². The Bertz CT molecular complexity index is 1600. The van der Waals surface area contributed by atoms with E-state index in [9.17, 15) is 4.39 Å². The van der Waals surface area contributed by atoms with Crippen molar-refractivity contribution in [2.24, 2.45) is 5.16 Å². The number of hydrogen-bond donors (Lipinski definition) is 0. The van der Waals surface area contributed by atoms with Crippen LogP contribution in [0.15, 0.2) is 90.1 Å². The number of oxime groups is 1. The third-order valence-electron chi connectivity index (χ3n) is 12.4. The fourth-order valence-electron chi connectivity index (χ4n) is 9.41. The predicted octanol–water partition coefficient (Wildman–Crippen LogP) is 9.06. The third kappa shape index (κ3) is 9.68. The zero-order valence-corrected chi connectivity index (χ0v) is 32.5. The molecule has 1 saturated heterocycles. The molecular weight excluding hydrogens is 664 g/mol. The van der Waals surface area contributed by atoms with Crippen molar-refractivity contribution in [1.29, 1.82) is 0 Å². The maximum Gasteiger partial charge on any atom is 0.345 e. The van der Waals surface area contributed by atoms with E-state index in [0.29, 0.717) is 17.9 Å². The predicted molar refractivity (Wildman–Crippen MR) is 212 cm³/mol. The van der Waals surface area contributed by atoms with Gasteiger partial charge in [0.1, 0.15) is 11.6 Å². The van der Waals surface area contributed by atoms with Crippen LogP contribution in [0.25, 0.3) is 0 Å². The van der Waals surface area contributed by atoms with E-state index in [1.165, 1.54) is 31.2 Å². The van der Waals surface area contributed by atoms with Crippen molar-refractivity contribution < 1.29 is 18.8 Å². The lowest BCUT2D eigenvalue weighted by Gasteiger charge is -2.53. The highest BCUT2D eigenvalue weighted by Gasteiger charge is 2.47. The van der Waals surface area contributed by atoms with Crippen LogP contribution in [0.1, 0.15) is 102 Å². The van der Waals surface area contributed by atoms with Gasteiger partial charge in [-0.25, -0.2) is 4.39 Å². The molecule has 1 unspecified atom stereocenters. The fraction of sp³-hybridized carbons (Fsp3) is 0.556. The maximum atomic E-state index is 15.0. The van der Waals surface area contributed by atoms with Crippen LogP contribution in [0, 0.1) is 5.82 Å². The molecule has 3 fully saturated rings. The molecule has 53 heavy (non-hydrogen) atoms. The van der Waals surface area contributed by atoms with Gasteiger partial charge in [0.2, 0.25) is 0 Å². The number of para-hydroxylation sites is 1. The summed E-state index contributed by atoms with van der Waals surface area (Å²) in [6, 6.07) is 27.6. The van der Waals surface area contributed by atoms with Crippen LogP contribution >= 0.6 is 0 Å². The second kappa shape index (κ2) is 18.1. The van der Waals surface area contributed by atoms with Crippen LogP contribution in [0.2, 0.25) is 0 Å². The van der Waals surface area contributed by atoms with Crippen LogP contribution in [0.5, 0.6) is 5.75 Å². The molecule has 3 aromatic rings. The van der Waals surface area contributed by atoms with Crippen molar-refractivity contribution in [2.75, 3.05) is 27.2 Å². The lowest BCUT2D eigenvalue weighted by atomic mass is 9.72. The van der Waals surface area contributed by atoms with Gasteiger partial charge in [-0.15, -0.1) is 0 Å². The van der Waals surface area contributed by atoms with E-state index in [0.717, 1.165) is 76.4 Å². The highest BCUT2D eigenvalue weighted by Crippen LogP contribution is 2.43. The minimum atomic E-state index is -1.20. The Morgan fingerprint density at radius 1 is 0.792 bits per heavy atom. The molecule has 7 nitrogen and oxygen atoms in total. The van der Waals surface area contributed by atoms with Gasteiger partial charge in [0.15, 0.2) is 0 Å². The minimum Gasteiger partial charge on any atom is -0.445 e. The monoisotopic (exact) mass is 724 g/mol. The van der Waals surface area contributed by atoms with Gasteiger partial charge in [-0.05, 0) is 147 Å². The summed E-state index contributed by atoms with van der Waals surface area (Å²) < 4.78 is 21.3. The average Bonchev–Trinajstić information content (AvgIpc) is 3.47. The molecule has 1 heterocycles. The van der Waals surface area contributed by atoms with Crippen LogP contribution in [-0.4, -0.2) is 83.0 Å². The summed E-state index contributed by atoms with van der Waals surface area (Å²) in [5, 5.41) is 4.25. The molecule has 0 aromatic heterocycles. The minimum absolute atomic E-state index is 0.0122. The SMILES string of the molecule is CC(C)=NOC(Oc1ccccc1)C(=O)N(C1CCC(Cc2ccccc2F)(N(C)C)CC1)C1CCC(Cc2ccccc2)(N2CCCCCC2)CC1. The van der Waals surface area contributed by atoms with Gasteiger partial charge in [0, 0.05) is 23.2 Å². The number of hydrogen-bond acceptors (Lipinski definition) is 6. The topological polar surface area (TPSA) is 57.6 Å². The molecule has 2 saturated carbocycles. The molecular formula is C45H61FN4O3. The first-order valence-corrected chi connectivity index (χ1v) is 20.1. The molecule has 0 bridgehead atoms. The van der Waals surface area contributed by atoms with Crippen LogP contribution < -0.4 is 4.74 Å². The number of likely N-dealkylation sites (N-methyl/N-ethyl adjacent to an activating group) is 1. The summed E-state index contributed by atoms with van der Waals surface area (Å²) in [4.78, 5) is 28.2. The van der Waals surface area contributed by atoms with Crippen molar-refractivity contribution in [3.63, 3.8) is 0 Å². The van der Waals surface area contributed by atoms with Gasteiger partial charge in [0.05, 0.1) is 5.71 Å². The largest absolute Gasteiger partial charge is 0.445 e. The number of carbonyl (C=O) groups excluding carboxylic acids is 1. The van der Waals surface area contributed by atoms with Gasteiger partial charge in [0.25, 0.3) is 0 Å². The van der Waals surface area contributed by atoms with Crippen molar-refractivity contribution in [1.82, 2.24) is 14.7 Å². The van der Waals surface area contributed by atoms with E-state index in [1.807, 2.05) is 56.3 Å². The normalized spacial score (nSPS) is 25.9. The molecule has 286 valence electrons. The van der Waals surface area contributed by atoms with Gasteiger partial charge in [-0.2, -0.15) is 0 Å². The molecule has 0 radical (unpaired) electrons. The first-order chi connectivity index (χ1) is 25.7. The smallest absolute Gasteiger partial charge is 0.345 e. The van der Waals surface area contributed by atoms with E-state index in [1.54, 1.807) is 12.1 Å². The van der Waals surface area contributed by atoms with Crippen LogP contribution in [0.4, 0.5) is 4.39 Å². The second-order valence-corrected chi connectivity index (χ2v) is 16.3. The van der Waals surface area contributed by atoms with Gasteiger partial charge >= 0.3 is 12.2 Å². The molecule has 1 atom stereocenters. The van der Waals surface area contributed by atoms with E-state index in [4.69, 9.17) is 9.57 Å². The second-order valence-electron chi connectivity index (χ2n) is 16.3. The number of halogens is 1. The zero-order valence-electron chi connectivity index (χ0n) is 32.5. The summed E-state index contributed by atoms with van der Waals surface area (Å²) in [6.45, 7) is 6.00. The van der Waals surface area contributed by atoms with Crippen molar-refractivity contribution >= 4 is 11.6 Å².